The number of hydrogen-bond donors (Lipinski definition) is 2. The van der Waals surface area contributed by atoms with Crippen molar-refractivity contribution < 1.29 is 4.79 Å². The summed E-state index contributed by atoms with van der Waals surface area (Å²) in [5, 5.41) is 12.3. The summed E-state index contributed by atoms with van der Waals surface area (Å²) < 4.78 is 1.82. The van der Waals surface area contributed by atoms with E-state index in [9.17, 15) is 4.79 Å². The third-order valence-corrected chi connectivity index (χ3v) is 5.28. The van der Waals surface area contributed by atoms with E-state index in [1.165, 1.54) is 17.7 Å². The van der Waals surface area contributed by atoms with E-state index in [1.807, 2.05) is 23.9 Å². The highest BCUT2D eigenvalue weighted by Crippen LogP contribution is 2.27. The summed E-state index contributed by atoms with van der Waals surface area (Å²) in [5.74, 6) is 0. The molecule has 2 atom stereocenters. The fraction of sp³-hybridized carbons (Fsp3) is 0.529. The van der Waals surface area contributed by atoms with Gasteiger partial charge in [-0.25, -0.2) is 4.79 Å². The second kappa shape index (κ2) is 8.30. The first-order chi connectivity index (χ1) is 11.7. The number of nitrogens with zero attached hydrogens (tertiary/aromatic N) is 3. The van der Waals surface area contributed by atoms with Crippen LogP contribution in [0.5, 0.6) is 0 Å². The van der Waals surface area contributed by atoms with Crippen molar-refractivity contribution in [1.29, 1.82) is 0 Å². The van der Waals surface area contributed by atoms with Gasteiger partial charge in [-0.15, -0.1) is 11.3 Å². The zero-order chi connectivity index (χ0) is 16.8. The van der Waals surface area contributed by atoms with Crippen LogP contribution in [0.3, 0.4) is 0 Å². The van der Waals surface area contributed by atoms with Crippen LogP contribution >= 0.6 is 11.3 Å². The van der Waals surface area contributed by atoms with Crippen LogP contribution in [0, 0.1) is 0 Å². The number of carbonyl (C=O) groups is 1. The quantitative estimate of drug-likeness (QED) is 0.809. The fourth-order valence-electron chi connectivity index (χ4n) is 3.14. The fourth-order valence-corrected chi connectivity index (χ4v) is 4.00. The van der Waals surface area contributed by atoms with Gasteiger partial charge < -0.3 is 10.6 Å². The van der Waals surface area contributed by atoms with Gasteiger partial charge in [0.2, 0.25) is 0 Å². The number of aromatic nitrogens is 2. The second-order valence-corrected chi connectivity index (χ2v) is 7.24. The molecular formula is C17H25N5OS. The predicted molar refractivity (Wildman–Crippen MR) is 96.1 cm³/mol. The van der Waals surface area contributed by atoms with E-state index >= 15 is 0 Å². The normalized spacial score (nSPS) is 17.5. The summed E-state index contributed by atoms with van der Waals surface area (Å²) in [7, 11) is 0. The third kappa shape index (κ3) is 4.58. The van der Waals surface area contributed by atoms with Gasteiger partial charge in [0.1, 0.15) is 0 Å². The van der Waals surface area contributed by atoms with Crippen molar-refractivity contribution in [2.75, 3.05) is 19.6 Å². The van der Waals surface area contributed by atoms with Gasteiger partial charge in [-0.1, -0.05) is 6.07 Å². The third-order valence-electron chi connectivity index (χ3n) is 4.31. The Morgan fingerprint density at radius 2 is 2.21 bits per heavy atom. The molecule has 0 aromatic carbocycles. The summed E-state index contributed by atoms with van der Waals surface area (Å²) in [6.07, 6.45) is 6.13. The summed E-state index contributed by atoms with van der Waals surface area (Å²) in [6.45, 7) is 5.52. The SMILES string of the molecule is C[C@@H](Cn1cccn1)NC(=O)NC[C@H](c1cccs1)N1CCCC1. The number of rotatable bonds is 7. The van der Waals surface area contributed by atoms with Gasteiger partial charge in [0, 0.05) is 29.9 Å². The van der Waals surface area contributed by atoms with Crippen molar-refractivity contribution in [1.82, 2.24) is 25.3 Å². The Kier molecular flexibility index (Phi) is 5.87. The Balaban J connectivity index is 1.49. The molecule has 0 radical (unpaired) electrons. The first-order valence-electron chi connectivity index (χ1n) is 8.51. The monoisotopic (exact) mass is 347 g/mol. The molecule has 130 valence electrons. The number of hydrogen-bond acceptors (Lipinski definition) is 4. The van der Waals surface area contributed by atoms with Gasteiger partial charge in [0.15, 0.2) is 0 Å². The number of urea groups is 1. The average molecular weight is 347 g/mol. The number of amides is 2. The summed E-state index contributed by atoms with van der Waals surface area (Å²) in [5.41, 5.74) is 0. The smallest absolute Gasteiger partial charge is 0.315 e. The molecule has 1 aliphatic heterocycles. The summed E-state index contributed by atoms with van der Waals surface area (Å²) in [6, 6.07) is 6.31. The molecule has 1 saturated heterocycles. The standard InChI is InChI=1S/C17H25N5OS/c1-14(13-22-10-5-7-19-22)20-17(23)18-12-15(16-6-4-11-24-16)21-8-2-3-9-21/h4-7,10-11,14-15H,2-3,8-9,12-13H2,1H3,(H2,18,20,23)/t14-,15+/m0/s1. The molecule has 0 spiro atoms. The van der Waals surface area contributed by atoms with E-state index in [1.54, 1.807) is 17.5 Å². The van der Waals surface area contributed by atoms with Crippen LogP contribution < -0.4 is 10.6 Å². The van der Waals surface area contributed by atoms with Gasteiger partial charge in [-0.2, -0.15) is 5.10 Å². The van der Waals surface area contributed by atoms with E-state index in [-0.39, 0.29) is 18.1 Å². The van der Waals surface area contributed by atoms with E-state index < -0.39 is 0 Å². The van der Waals surface area contributed by atoms with Crippen LogP contribution in [0.1, 0.15) is 30.7 Å². The van der Waals surface area contributed by atoms with Gasteiger partial charge >= 0.3 is 6.03 Å². The zero-order valence-electron chi connectivity index (χ0n) is 14.0. The lowest BCUT2D eigenvalue weighted by molar-refractivity contribution is 0.219. The van der Waals surface area contributed by atoms with Crippen LogP contribution in [0.25, 0.3) is 0 Å². The first kappa shape index (κ1) is 17.0. The molecule has 3 heterocycles. The van der Waals surface area contributed by atoms with Crippen molar-refractivity contribution >= 4 is 17.4 Å². The molecule has 0 bridgehead atoms. The molecular weight excluding hydrogens is 322 g/mol. The lowest BCUT2D eigenvalue weighted by atomic mass is 10.2. The minimum atomic E-state index is -0.115. The maximum absolute atomic E-state index is 12.2. The minimum absolute atomic E-state index is 0.0249. The van der Waals surface area contributed by atoms with Crippen molar-refractivity contribution in [2.45, 2.75) is 38.4 Å². The molecule has 24 heavy (non-hydrogen) atoms. The highest BCUT2D eigenvalue weighted by atomic mass is 32.1. The minimum Gasteiger partial charge on any atom is -0.336 e. The molecule has 2 N–H and O–H groups in total. The molecule has 2 aromatic heterocycles. The number of thiophene rings is 1. The van der Waals surface area contributed by atoms with Gasteiger partial charge in [-0.3, -0.25) is 9.58 Å². The van der Waals surface area contributed by atoms with E-state index in [2.05, 4.69) is 38.1 Å². The van der Waals surface area contributed by atoms with Crippen LogP contribution in [-0.4, -0.2) is 46.4 Å². The van der Waals surface area contributed by atoms with Crippen molar-refractivity contribution in [3.63, 3.8) is 0 Å². The van der Waals surface area contributed by atoms with E-state index in [0.717, 1.165) is 13.1 Å². The Morgan fingerprint density at radius 3 is 2.88 bits per heavy atom. The molecule has 6 nitrogen and oxygen atoms in total. The Morgan fingerprint density at radius 1 is 1.38 bits per heavy atom. The van der Waals surface area contributed by atoms with Gasteiger partial charge in [-0.05, 0) is 50.4 Å². The molecule has 1 fully saturated rings. The largest absolute Gasteiger partial charge is 0.336 e. The summed E-state index contributed by atoms with van der Waals surface area (Å²) in [4.78, 5) is 16.0. The molecule has 0 saturated carbocycles. The van der Waals surface area contributed by atoms with E-state index in [0.29, 0.717) is 13.1 Å². The number of likely N-dealkylation sites (tertiary alicyclic amines) is 1. The maximum atomic E-state index is 12.2. The molecule has 2 amide bonds. The maximum Gasteiger partial charge on any atom is 0.315 e. The first-order valence-corrected chi connectivity index (χ1v) is 9.39. The Hall–Kier alpha value is -1.86. The second-order valence-electron chi connectivity index (χ2n) is 6.26. The summed E-state index contributed by atoms with van der Waals surface area (Å²) >= 11 is 1.76. The Bertz CT molecular complexity index is 607. The van der Waals surface area contributed by atoms with E-state index in [4.69, 9.17) is 0 Å². The lowest BCUT2D eigenvalue weighted by Gasteiger charge is -2.27. The van der Waals surface area contributed by atoms with Crippen molar-refractivity contribution in [3.8, 4) is 0 Å². The van der Waals surface area contributed by atoms with Crippen LogP contribution in [-0.2, 0) is 6.54 Å². The van der Waals surface area contributed by atoms with Gasteiger partial charge in [0.05, 0.1) is 12.6 Å². The van der Waals surface area contributed by atoms with Crippen molar-refractivity contribution in [2.24, 2.45) is 0 Å². The average Bonchev–Trinajstić information content (AvgIpc) is 3.31. The predicted octanol–water partition coefficient (Wildman–Crippen LogP) is 2.47. The molecule has 2 aromatic rings. The highest BCUT2D eigenvalue weighted by molar-refractivity contribution is 7.10. The molecule has 3 rings (SSSR count). The molecule has 0 unspecified atom stereocenters. The number of nitrogens with one attached hydrogen (secondary N) is 2. The Labute approximate surface area is 146 Å². The van der Waals surface area contributed by atoms with Gasteiger partial charge in [0.25, 0.3) is 0 Å². The highest BCUT2D eigenvalue weighted by Gasteiger charge is 2.24. The lowest BCUT2D eigenvalue weighted by Crippen LogP contribution is -2.45. The molecule has 0 aliphatic carbocycles. The van der Waals surface area contributed by atoms with Crippen molar-refractivity contribution in [3.05, 3.63) is 40.8 Å². The number of carbonyl (C=O) groups excluding carboxylic acids is 1. The van der Waals surface area contributed by atoms with Crippen LogP contribution in [0.15, 0.2) is 36.0 Å². The zero-order valence-corrected chi connectivity index (χ0v) is 14.8. The molecule has 7 heteroatoms. The van der Waals surface area contributed by atoms with Crippen LogP contribution in [0.2, 0.25) is 0 Å². The topological polar surface area (TPSA) is 62.2 Å². The van der Waals surface area contributed by atoms with Crippen LogP contribution in [0.4, 0.5) is 4.79 Å². The molecule has 1 aliphatic rings.